The van der Waals surface area contributed by atoms with Gasteiger partial charge in [-0.25, -0.2) is 10.2 Å². The molecule has 2 N–H and O–H groups in total. The number of nitrogens with zero attached hydrogens (tertiary/aromatic N) is 1. The summed E-state index contributed by atoms with van der Waals surface area (Å²) in [6.07, 6.45) is -4.58. The minimum atomic E-state index is -4.58. The number of methoxy groups -OCH3 is 1. The van der Waals surface area contributed by atoms with E-state index in [1.165, 1.54) is 19.2 Å². The fourth-order valence-corrected chi connectivity index (χ4v) is 2.09. The summed E-state index contributed by atoms with van der Waals surface area (Å²) in [5.74, 6) is -0.278. The van der Waals surface area contributed by atoms with Crippen LogP contribution >= 0.6 is 0 Å². The van der Waals surface area contributed by atoms with Gasteiger partial charge in [0.15, 0.2) is 0 Å². The van der Waals surface area contributed by atoms with Crippen LogP contribution in [-0.2, 0) is 10.9 Å². The Morgan fingerprint density at radius 3 is 2.65 bits per heavy atom. The van der Waals surface area contributed by atoms with Gasteiger partial charge in [-0.1, -0.05) is 0 Å². The molecule has 9 heteroatoms. The van der Waals surface area contributed by atoms with E-state index < -0.39 is 23.8 Å². The van der Waals surface area contributed by atoms with Gasteiger partial charge in [0.05, 0.1) is 23.9 Å². The molecular formula is C14H16F3N3O3. The van der Waals surface area contributed by atoms with Crippen LogP contribution in [0.4, 0.5) is 18.0 Å². The Morgan fingerprint density at radius 1 is 1.30 bits per heavy atom. The molecule has 0 saturated carbocycles. The molecule has 6 nitrogen and oxygen atoms in total. The fraction of sp³-hybridized carbons (Fsp3) is 0.429. The van der Waals surface area contributed by atoms with Gasteiger partial charge < -0.3 is 14.8 Å². The molecular weight excluding hydrogens is 315 g/mol. The monoisotopic (exact) mass is 331 g/mol. The summed E-state index contributed by atoms with van der Waals surface area (Å²) in [4.78, 5) is 11.1. The first-order chi connectivity index (χ1) is 10.8. The van der Waals surface area contributed by atoms with Crippen molar-refractivity contribution in [3.05, 3.63) is 29.3 Å². The van der Waals surface area contributed by atoms with E-state index in [4.69, 9.17) is 9.47 Å². The highest BCUT2D eigenvalue weighted by atomic mass is 19.4. The van der Waals surface area contributed by atoms with Gasteiger partial charge in [-0.15, -0.1) is 0 Å². The lowest BCUT2D eigenvalue weighted by Gasteiger charge is -2.22. The molecule has 126 valence electrons. The van der Waals surface area contributed by atoms with Crippen LogP contribution in [0.5, 0.6) is 5.75 Å². The molecule has 1 aromatic carbocycles. The molecule has 1 atom stereocenters. The van der Waals surface area contributed by atoms with Crippen molar-refractivity contribution in [3.8, 4) is 5.75 Å². The number of alkyl halides is 3. The van der Waals surface area contributed by atoms with Crippen LogP contribution < -0.4 is 15.5 Å². The van der Waals surface area contributed by atoms with Crippen molar-refractivity contribution in [2.24, 2.45) is 5.10 Å². The smallest absolute Gasteiger partial charge is 0.419 e. The number of urea groups is 1. The highest BCUT2D eigenvalue weighted by molar-refractivity contribution is 6.07. The molecule has 0 saturated heterocycles. The average molecular weight is 331 g/mol. The molecule has 0 unspecified atom stereocenters. The largest absolute Gasteiger partial charge is 0.491 e. The second kappa shape index (κ2) is 6.86. The van der Waals surface area contributed by atoms with Crippen molar-refractivity contribution in [1.29, 1.82) is 0 Å². The highest BCUT2D eigenvalue weighted by Crippen LogP contribution is 2.37. The maximum Gasteiger partial charge on any atom is 0.419 e. The number of hydrogen-bond donors (Lipinski definition) is 2. The maximum absolute atomic E-state index is 13.2. The van der Waals surface area contributed by atoms with E-state index in [-0.39, 0.29) is 24.5 Å². The number of carbonyl (C=O) groups excluding carboxylic acids is 1. The van der Waals surface area contributed by atoms with Crippen molar-refractivity contribution >= 4 is 11.7 Å². The summed E-state index contributed by atoms with van der Waals surface area (Å²) in [6, 6.07) is 2.64. The van der Waals surface area contributed by atoms with Crippen LogP contribution in [0.25, 0.3) is 0 Å². The van der Waals surface area contributed by atoms with Gasteiger partial charge in [-0.3, -0.25) is 0 Å². The Balaban J connectivity index is 2.35. The van der Waals surface area contributed by atoms with Crippen LogP contribution in [0.15, 0.2) is 23.3 Å². The van der Waals surface area contributed by atoms with Crippen molar-refractivity contribution in [2.45, 2.75) is 19.1 Å². The van der Waals surface area contributed by atoms with Crippen LogP contribution in [0.3, 0.4) is 0 Å². The van der Waals surface area contributed by atoms with E-state index in [0.29, 0.717) is 5.71 Å². The highest BCUT2D eigenvalue weighted by Gasteiger charge is 2.35. The van der Waals surface area contributed by atoms with Crippen LogP contribution in [0.1, 0.15) is 18.1 Å². The third kappa shape index (κ3) is 4.13. The first-order valence-corrected chi connectivity index (χ1v) is 6.80. The van der Waals surface area contributed by atoms with E-state index in [1.54, 1.807) is 6.92 Å². The summed E-state index contributed by atoms with van der Waals surface area (Å²) in [6.45, 7) is 1.82. The maximum atomic E-state index is 13.2. The normalized spacial score (nSPS) is 18.0. The lowest BCUT2D eigenvalue weighted by atomic mass is 10.0. The summed E-state index contributed by atoms with van der Waals surface area (Å²) in [5.41, 5.74) is 1.83. The molecule has 0 spiro atoms. The molecule has 0 bridgehead atoms. The van der Waals surface area contributed by atoms with Crippen LogP contribution in [-0.4, -0.2) is 38.1 Å². The molecule has 0 radical (unpaired) electrons. The third-order valence-electron chi connectivity index (χ3n) is 3.16. The Bertz CT molecular complexity index is 617. The number of nitrogens with one attached hydrogen (secondary N) is 2. The number of carbonyl (C=O) groups is 1. The number of amides is 2. The third-order valence-corrected chi connectivity index (χ3v) is 3.16. The number of hydrazone groups is 1. The second-order valence-corrected chi connectivity index (χ2v) is 4.85. The quantitative estimate of drug-likeness (QED) is 0.812. The number of hydrogen-bond acceptors (Lipinski definition) is 4. The van der Waals surface area contributed by atoms with E-state index in [2.05, 4.69) is 15.8 Å². The zero-order valence-electron chi connectivity index (χ0n) is 12.5. The number of ether oxygens (including phenoxy) is 2. The number of halogens is 3. The molecule has 2 rings (SSSR count). The molecule has 0 fully saturated rings. The summed E-state index contributed by atoms with van der Waals surface area (Å²) in [7, 11) is 1.43. The summed E-state index contributed by atoms with van der Waals surface area (Å²) in [5, 5.41) is 6.35. The minimum Gasteiger partial charge on any atom is -0.491 e. The number of rotatable bonds is 5. The SMILES string of the molecule is COCCOc1ccc(C2=NNC(=O)N[C@H]2C)cc1C(F)(F)F. The van der Waals surface area contributed by atoms with Gasteiger partial charge in [0, 0.05) is 12.7 Å². The van der Waals surface area contributed by atoms with Gasteiger partial charge >= 0.3 is 12.2 Å². The van der Waals surface area contributed by atoms with Crippen molar-refractivity contribution in [2.75, 3.05) is 20.3 Å². The first-order valence-electron chi connectivity index (χ1n) is 6.80. The summed E-state index contributed by atoms with van der Waals surface area (Å²) < 4.78 is 49.6. The standard InChI is InChI=1S/C14H16F3N3O3/c1-8-12(19-20-13(21)18-8)9-3-4-11(23-6-5-22-2)10(7-9)14(15,16)17/h3-4,7-8H,5-6H2,1-2H3,(H2,18,20,21)/t8-/m0/s1. The Hall–Kier alpha value is -2.29. The Kier molecular flexibility index (Phi) is 5.09. The molecule has 2 amide bonds. The van der Waals surface area contributed by atoms with Gasteiger partial charge in [0.25, 0.3) is 0 Å². The van der Waals surface area contributed by atoms with Gasteiger partial charge in [-0.2, -0.15) is 18.3 Å². The van der Waals surface area contributed by atoms with Gasteiger partial charge in [0.1, 0.15) is 12.4 Å². The van der Waals surface area contributed by atoms with Crippen molar-refractivity contribution in [1.82, 2.24) is 10.7 Å². The molecule has 0 aromatic heterocycles. The van der Waals surface area contributed by atoms with E-state index in [0.717, 1.165) is 6.07 Å². The number of benzene rings is 1. The Morgan fingerprint density at radius 2 is 2.04 bits per heavy atom. The van der Waals surface area contributed by atoms with Crippen LogP contribution in [0.2, 0.25) is 0 Å². The second-order valence-electron chi connectivity index (χ2n) is 4.85. The zero-order chi connectivity index (χ0) is 17.0. The van der Waals surface area contributed by atoms with E-state index in [1.807, 2.05) is 0 Å². The predicted molar refractivity (Wildman–Crippen MR) is 76.5 cm³/mol. The predicted octanol–water partition coefficient (Wildman–Crippen LogP) is 2.14. The van der Waals surface area contributed by atoms with E-state index >= 15 is 0 Å². The molecule has 1 heterocycles. The molecule has 1 aromatic rings. The molecule has 1 aliphatic heterocycles. The average Bonchev–Trinajstić information content (AvgIpc) is 2.47. The fourth-order valence-electron chi connectivity index (χ4n) is 2.09. The minimum absolute atomic E-state index is 0.00783. The molecule has 1 aliphatic rings. The topological polar surface area (TPSA) is 72.0 Å². The van der Waals surface area contributed by atoms with Crippen LogP contribution in [0, 0.1) is 0 Å². The summed E-state index contributed by atoms with van der Waals surface area (Å²) >= 11 is 0. The molecule has 23 heavy (non-hydrogen) atoms. The van der Waals surface area contributed by atoms with Crippen molar-refractivity contribution in [3.63, 3.8) is 0 Å². The zero-order valence-corrected chi connectivity index (χ0v) is 12.5. The van der Waals surface area contributed by atoms with Crippen molar-refractivity contribution < 1.29 is 27.4 Å². The lowest BCUT2D eigenvalue weighted by molar-refractivity contribution is -0.139. The van der Waals surface area contributed by atoms with E-state index in [9.17, 15) is 18.0 Å². The lowest BCUT2D eigenvalue weighted by Crippen LogP contribution is -2.48. The van der Waals surface area contributed by atoms with Gasteiger partial charge in [-0.05, 0) is 25.1 Å². The molecule has 0 aliphatic carbocycles. The Labute approximate surface area is 130 Å². The van der Waals surface area contributed by atoms with Gasteiger partial charge in [0.2, 0.25) is 0 Å². The first kappa shape index (κ1) is 17.1.